The first-order valence-corrected chi connectivity index (χ1v) is 11.0. The summed E-state index contributed by atoms with van der Waals surface area (Å²) < 4.78 is 0. The van der Waals surface area contributed by atoms with Crippen molar-refractivity contribution in [3.63, 3.8) is 0 Å². The van der Waals surface area contributed by atoms with Crippen LogP contribution in [0, 0.1) is 0 Å². The van der Waals surface area contributed by atoms with Gasteiger partial charge in [0, 0.05) is 50.0 Å². The molecule has 0 aliphatic carbocycles. The Morgan fingerprint density at radius 3 is 2.36 bits per heavy atom. The second-order valence-corrected chi connectivity index (χ2v) is 8.40. The summed E-state index contributed by atoms with van der Waals surface area (Å²) in [6.07, 6.45) is 9.32. The van der Waals surface area contributed by atoms with Crippen molar-refractivity contribution in [3.8, 4) is 0 Å². The lowest BCUT2D eigenvalue weighted by molar-refractivity contribution is 0.211. The number of anilines is 2. The van der Waals surface area contributed by atoms with Crippen LogP contribution in [0.25, 0.3) is 0 Å². The molecule has 150 valence electrons. The molecule has 3 heterocycles. The molecule has 0 unspecified atom stereocenters. The number of aromatic nitrogens is 2. The Morgan fingerprint density at radius 1 is 0.929 bits per heavy atom. The molecule has 2 saturated heterocycles. The highest BCUT2D eigenvalue weighted by Crippen LogP contribution is 2.21. The Labute approximate surface area is 173 Å². The number of halogens is 1. The number of rotatable bonds is 5. The number of likely N-dealkylation sites (tertiary alicyclic amines) is 1. The average molecular weight is 400 g/mol. The summed E-state index contributed by atoms with van der Waals surface area (Å²) in [5.74, 6) is 1.84. The molecule has 0 radical (unpaired) electrons. The average Bonchev–Trinajstić information content (AvgIpc) is 3.01. The zero-order chi connectivity index (χ0) is 19.2. The van der Waals surface area contributed by atoms with Gasteiger partial charge in [0.05, 0.1) is 0 Å². The first-order chi connectivity index (χ1) is 13.8. The van der Waals surface area contributed by atoms with Gasteiger partial charge in [-0.05, 0) is 49.4 Å². The fraction of sp³-hybridized carbons (Fsp3) is 0.545. The lowest BCUT2D eigenvalue weighted by Gasteiger charge is -2.32. The number of piperidine rings is 1. The van der Waals surface area contributed by atoms with Crippen molar-refractivity contribution in [2.75, 3.05) is 36.4 Å². The van der Waals surface area contributed by atoms with Crippen LogP contribution in [-0.4, -0.2) is 47.1 Å². The summed E-state index contributed by atoms with van der Waals surface area (Å²) in [6, 6.07) is 10.7. The van der Waals surface area contributed by atoms with E-state index in [-0.39, 0.29) is 0 Å². The molecule has 2 aliphatic rings. The van der Waals surface area contributed by atoms with Crippen LogP contribution >= 0.6 is 11.6 Å². The Bertz CT molecular complexity index is 735. The van der Waals surface area contributed by atoms with Gasteiger partial charge in [-0.1, -0.05) is 36.6 Å². The molecule has 0 bridgehead atoms. The highest BCUT2D eigenvalue weighted by atomic mass is 35.5. The molecule has 6 heteroatoms. The molecular weight excluding hydrogens is 370 g/mol. The molecule has 0 saturated carbocycles. The lowest BCUT2D eigenvalue weighted by atomic mass is 10.0. The molecule has 4 rings (SSSR count). The maximum absolute atomic E-state index is 5.98. The van der Waals surface area contributed by atoms with Crippen molar-refractivity contribution >= 4 is 23.4 Å². The standard InChI is InChI=1S/C22H30ClN5/c23-19-7-5-18(6-8-19)17-27-15-10-20(11-16-27)25-22-24-12-9-21(26-22)28-13-3-1-2-4-14-28/h5-9,12,20H,1-4,10-11,13-17H2,(H,24,25,26). The van der Waals surface area contributed by atoms with E-state index in [4.69, 9.17) is 16.6 Å². The largest absolute Gasteiger partial charge is 0.356 e. The van der Waals surface area contributed by atoms with Crippen LogP contribution < -0.4 is 10.2 Å². The van der Waals surface area contributed by atoms with Crippen molar-refractivity contribution in [2.45, 2.75) is 51.1 Å². The summed E-state index contributed by atoms with van der Waals surface area (Å²) >= 11 is 5.98. The van der Waals surface area contributed by atoms with Crippen LogP contribution in [0.4, 0.5) is 11.8 Å². The molecule has 1 aromatic carbocycles. The van der Waals surface area contributed by atoms with Gasteiger partial charge in [0.15, 0.2) is 0 Å². The van der Waals surface area contributed by atoms with E-state index in [1.165, 1.54) is 31.2 Å². The van der Waals surface area contributed by atoms with E-state index in [1.54, 1.807) is 0 Å². The molecule has 1 aromatic heterocycles. The number of nitrogens with zero attached hydrogens (tertiary/aromatic N) is 4. The Morgan fingerprint density at radius 2 is 1.64 bits per heavy atom. The zero-order valence-corrected chi connectivity index (χ0v) is 17.2. The molecule has 2 fully saturated rings. The van der Waals surface area contributed by atoms with E-state index in [0.717, 1.165) is 62.4 Å². The quantitative estimate of drug-likeness (QED) is 0.796. The van der Waals surface area contributed by atoms with Crippen LogP contribution in [0.1, 0.15) is 44.1 Å². The monoisotopic (exact) mass is 399 g/mol. The van der Waals surface area contributed by atoms with Crippen molar-refractivity contribution in [2.24, 2.45) is 0 Å². The van der Waals surface area contributed by atoms with Gasteiger partial charge in [-0.2, -0.15) is 4.98 Å². The van der Waals surface area contributed by atoms with Crippen LogP contribution in [0.3, 0.4) is 0 Å². The second kappa shape index (κ2) is 9.57. The summed E-state index contributed by atoms with van der Waals surface area (Å²) in [6.45, 7) is 5.39. The zero-order valence-electron chi connectivity index (χ0n) is 16.5. The van der Waals surface area contributed by atoms with Gasteiger partial charge in [0.1, 0.15) is 5.82 Å². The van der Waals surface area contributed by atoms with Crippen molar-refractivity contribution in [1.29, 1.82) is 0 Å². The molecule has 2 aliphatic heterocycles. The molecule has 5 nitrogen and oxygen atoms in total. The van der Waals surface area contributed by atoms with Gasteiger partial charge in [0.2, 0.25) is 5.95 Å². The van der Waals surface area contributed by atoms with E-state index in [2.05, 4.69) is 32.2 Å². The highest BCUT2D eigenvalue weighted by molar-refractivity contribution is 6.30. The topological polar surface area (TPSA) is 44.3 Å². The molecule has 0 amide bonds. The third kappa shape index (κ3) is 5.36. The molecule has 2 aromatic rings. The van der Waals surface area contributed by atoms with Crippen LogP contribution in [0.15, 0.2) is 36.5 Å². The van der Waals surface area contributed by atoms with Gasteiger partial charge in [0.25, 0.3) is 0 Å². The van der Waals surface area contributed by atoms with E-state index < -0.39 is 0 Å². The van der Waals surface area contributed by atoms with E-state index in [9.17, 15) is 0 Å². The van der Waals surface area contributed by atoms with Gasteiger partial charge < -0.3 is 10.2 Å². The maximum Gasteiger partial charge on any atom is 0.224 e. The maximum atomic E-state index is 5.98. The minimum absolute atomic E-state index is 0.445. The number of hydrogen-bond donors (Lipinski definition) is 1. The van der Waals surface area contributed by atoms with Gasteiger partial charge in [-0.3, -0.25) is 4.90 Å². The molecular formula is C22H30ClN5. The fourth-order valence-corrected chi connectivity index (χ4v) is 4.29. The predicted octanol–water partition coefficient (Wildman–Crippen LogP) is 4.59. The summed E-state index contributed by atoms with van der Waals surface area (Å²) in [4.78, 5) is 14.2. The van der Waals surface area contributed by atoms with Crippen molar-refractivity contribution in [1.82, 2.24) is 14.9 Å². The molecule has 0 atom stereocenters. The second-order valence-electron chi connectivity index (χ2n) is 7.96. The molecule has 0 spiro atoms. The van der Waals surface area contributed by atoms with Gasteiger partial charge in [-0.25, -0.2) is 4.98 Å². The van der Waals surface area contributed by atoms with E-state index >= 15 is 0 Å². The Balaban J connectivity index is 1.28. The minimum atomic E-state index is 0.445. The van der Waals surface area contributed by atoms with Crippen LogP contribution in [0.2, 0.25) is 5.02 Å². The third-order valence-electron chi connectivity index (χ3n) is 5.81. The van der Waals surface area contributed by atoms with Crippen molar-refractivity contribution < 1.29 is 0 Å². The summed E-state index contributed by atoms with van der Waals surface area (Å²) in [5, 5.41) is 4.37. The Kier molecular flexibility index (Phi) is 6.65. The van der Waals surface area contributed by atoms with Crippen LogP contribution in [-0.2, 0) is 6.54 Å². The van der Waals surface area contributed by atoms with Gasteiger partial charge >= 0.3 is 0 Å². The highest BCUT2D eigenvalue weighted by Gasteiger charge is 2.20. The molecule has 1 N–H and O–H groups in total. The Hall–Kier alpha value is -1.85. The van der Waals surface area contributed by atoms with Crippen LogP contribution in [0.5, 0.6) is 0 Å². The third-order valence-corrected chi connectivity index (χ3v) is 6.06. The number of benzene rings is 1. The molecule has 28 heavy (non-hydrogen) atoms. The number of nitrogens with one attached hydrogen (secondary N) is 1. The van der Waals surface area contributed by atoms with Crippen molar-refractivity contribution in [3.05, 3.63) is 47.1 Å². The predicted molar refractivity (Wildman–Crippen MR) is 116 cm³/mol. The summed E-state index contributed by atoms with van der Waals surface area (Å²) in [7, 11) is 0. The normalized spacial score (nSPS) is 19.4. The fourth-order valence-electron chi connectivity index (χ4n) is 4.16. The van der Waals surface area contributed by atoms with E-state index in [1.807, 2.05) is 24.4 Å². The SMILES string of the molecule is Clc1ccc(CN2CCC(Nc3nccc(N4CCCCCC4)n3)CC2)cc1. The summed E-state index contributed by atoms with van der Waals surface area (Å²) in [5.41, 5.74) is 1.32. The lowest BCUT2D eigenvalue weighted by Crippen LogP contribution is -2.39. The first-order valence-electron chi connectivity index (χ1n) is 10.6. The smallest absolute Gasteiger partial charge is 0.224 e. The number of hydrogen-bond acceptors (Lipinski definition) is 5. The van der Waals surface area contributed by atoms with E-state index in [0.29, 0.717) is 6.04 Å². The minimum Gasteiger partial charge on any atom is -0.356 e. The first kappa shape index (κ1) is 19.5. The van der Waals surface area contributed by atoms with Gasteiger partial charge in [-0.15, -0.1) is 0 Å².